The molecule has 0 aliphatic heterocycles. The molecule has 0 amide bonds. The van der Waals surface area contributed by atoms with Crippen molar-refractivity contribution in [1.29, 1.82) is 0 Å². The second-order valence-corrected chi connectivity index (χ2v) is 17.8. The molecule has 0 aromatic rings. The molecule has 0 aromatic heterocycles. The molecule has 8 nitrogen and oxygen atoms in total. The summed E-state index contributed by atoms with van der Waals surface area (Å²) in [5.74, 6) is -0.801. The summed E-state index contributed by atoms with van der Waals surface area (Å²) in [7, 11) is -3.20. The third-order valence-corrected chi connectivity index (χ3v) is 11.6. The number of allylic oxidation sites excluding steroid dienone is 4. The highest BCUT2D eigenvalue weighted by atomic mass is 31.2. The molecule has 2 unspecified atom stereocenters. The van der Waals surface area contributed by atoms with Gasteiger partial charge in [-0.2, -0.15) is 0 Å². The molecule has 0 radical (unpaired) electrons. The fourth-order valence-electron chi connectivity index (χ4n) is 6.94. The molecule has 336 valence electrons. The topological polar surface area (TPSA) is 108 Å². The van der Waals surface area contributed by atoms with Gasteiger partial charge in [0.15, 0.2) is 6.10 Å². The highest BCUT2D eigenvalue weighted by molar-refractivity contribution is 7.47. The van der Waals surface area contributed by atoms with Crippen LogP contribution in [0.1, 0.15) is 245 Å². The summed E-state index contributed by atoms with van der Waals surface area (Å²) < 4.78 is 32.1. The van der Waals surface area contributed by atoms with Gasteiger partial charge in [-0.1, -0.05) is 192 Å². The Kier molecular flexibility index (Phi) is 43.0. The first-order valence-electron chi connectivity index (χ1n) is 24.0. The van der Waals surface area contributed by atoms with Gasteiger partial charge in [-0.05, 0) is 64.2 Å². The van der Waals surface area contributed by atoms with Gasteiger partial charge in [-0.15, -0.1) is 0 Å². The molecule has 0 rings (SSSR count). The van der Waals surface area contributed by atoms with Crippen molar-refractivity contribution in [2.24, 2.45) is 0 Å². The maximum Gasteiger partial charge on any atom is 0.472 e. The summed E-state index contributed by atoms with van der Waals surface area (Å²) in [5.41, 5.74) is 0. The molecule has 0 saturated carbocycles. The van der Waals surface area contributed by atoms with E-state index in [4.69, 9.17) is 14.0 Å². The molecule has 1 N–H and O–H groups in total. The summed E-state index contributed by atoms with van der Waals surface area (Å²) in [6, 6.07) is 0. The average molecular weight is 827 g/mol. The summed E-state index contributed by atoms with van der Waals surface area (Å²) in [4.78, 5) is 34.6. The first kappa shape index (κ1) is 55.5. The normalized spacial score (nSPS) is 13.4. The number of carbonyl (C=O) groups excluding carboxylic acids is 2. The maximum atomic E-state index is 12.5. The Bertz CT molecular complexity index is 983. The summed E-state index contributed by atoms with van der Waals surface area (Å²) in [5, 5.41) is 0. The molecule has 2 atom stereocenters. The third-order valence-electron chi connectivity index (χ3n) is 10.7. The van der Waals surface area contributed by atoms with Crippen molar-refractivity contribution in [2.75, 3.05) is 20.3 Å². The molecule has 0 bridgehead atoms. The van der Waals surface area contributed by atoms with Crippen LogP contribution in [0.4, 0.5) is 0 Å². The van der Waals surface area contributed by atoms with Gasteiger partial charge in [0, 0.05) is 20.0 Å². The van der Waals surface area contributed by atoms with E-state index in [1.165, 1.54) is 180 Å². The van der Waals surface area contributed by atoms with E-state index >= 15 is 0 Å². The molecule has 57 heavy (non-hydrogen) atoms. The van der Waals surface area contributed by atoms with Crippen molar-refractivity contribution in [1.82, 2.24) is 0 Å². The Morgan fingerprint density at radius 1 is 0.474 bits per heavy atom. The molecule has 0 aliphatic carbocycles. The molecular formula is C48H91O8P. The second-order valence-electron chi connectivity index (χ2n) is 16.2. The van der Waals surface area contributed by atoms with Gasteiger partial charge in [0.25, 0.3) is 0 Å². The predicted octanol–water partition coefficient (Wildman–Crippen LogP) is 15.4. The molecule has 0 saturated heterocycles. The summed E-state index contributed by atoms with van der Waals surface area (Å²) >= 11 is 0. The molecule has 0 heterocycles. The van der Waals surface area contributed by atoms with Gasteiger partial charge in [-0.25, -0.2) is 4.57 Å². The van der Waals surface area contributed by atoms with Crippen LogP contribution in [0, 0.1) is 0 Å². The van der Waals surface area contributed by atoms with E-state index in [9.17, 15) is 19.0 Å². The number of phosphoric acid groups is 1. The lowest BCUT2D eigenvalue weighted by Gasteiger charge is -2.19. The van der Waals surface area contributed by atoms with Crippen LogP contribution in [0.5, 0.6) is 0 Å². The number of hydrogen-bond acceptors (Lipinski definition) is 7. The quantitative estimate of drug-likeness (QED) is 0.0280. The second kappa shape index (κ2) is 44.1. The lowest BCUT2D eigenvalue weighted by molar-refractivity contribution is -0.161. The van der Waals surface area contributed by atoms with Crippen LogP contribution in [0.15, 0.2) is 24.3 Å². The highest BCUT2D eigenvalue weighted by Gasteiger charge is 2.24. The van der Waals surface area contributed by atoms with E-state index in [1.807, 2.05) is 0 Å². The Hall–Kier alpha value is -1.47. The van der Waals surface area contributed by atoms with E-state index in [-0.39, 0.29) is 25.4 Å². The Morgan fingerprint density at radius 3 is 1.14 bits per heavy atom. The predicted molar refractivity (Wildman–Crippen MR) is 239 cm³/mol. The molecule has 0 aliphatic rings. The van der Waals surface area contributed by atoms with Gasteiger partial charge in [0.2, 0.25) is 0 Å². The van der Waals surface area contributed by atoms with E-state index < -0.39 is 26.5 Å². The van der Waals surface area contributed by atoms with Crippen molar-refractivity contribution >= 4 is 19.8 Å². The molecule has 0 spiro atoms. The number of carbonyl (C=O) groups is 2. The Balaban J connectivity index is 3.92. The van der Waals surface area contributed by atoms with E-state index in [1.54, 1.807) is 0 Å². The smallest absolute Gasteiger partial charge is 0.462 e. The summed E-state index contributed by atoms with van der Waals surface area (Å²) in [6.07, 6.45) is 50.9. The number of hydrogen-bond donors (Lipinski definition) is 1. The lowest BCUT2D eigenvalue weighted by Crippen LogP contribution is -2.29. The van der Waals surface area contributed by atoms with E-state index in [2.05, 4.69) is 42.7 Å². The zero-order valence-electron chi connectivity index (χ0n) is 37.5. The van der Waals surface area contributed by atoms with Crippen LogP contribution >= 0.6 is 7.82 Å². The number of phosphoric ester groups is 1. The van der Waals surface area contributed by atoms with Crippen molar-refractivity contribution < 1.29 is 37.6 Å². The van der Waals surface area contributed by atoms with Crippen LogP contribution in [-0.4, -0.2) is 43.3 Å². The van der Waals surface area contributed by atoms with Crippen molar-refractivity contribution in [2.45, 2.75) is 251 Å². The van der Waals surface area contributed by atoms with Crippen LogP contribution in [0.3, 0.4) is 0 Å². The van der Waals surface area contributed by atoms with Crippen LogP contribution in [-0.2, 0) is 32.7 Å². The van der Waals surface area contributed by atoms with Gasteiger partial charge in [-0.3, -0.25) is 18.6 Å². The van der Waals surface area contributed by atoms with E-state index in [0.717, 1.165) is 39.2 Å². The zero-order valence-corrected chi connectivity index (χ0v) is 38.4. The minimum absolute atomic E-state index is 0.225. The zero-order chi connectivity index (χ0) is 41.8. The number of rotatable bonds is 45. The van der Waals surface area contributed by atoms with Crippen molar-refractivity contribution in [3.05, 3.63) is 24.3 Å². The van der Waals surface area contributed by atoms with Gasteiger partial charge < -0.3 is 14.4 Å². The fourth-order valence-corrected chi connectivity index (χ4v) is 7.40. The standard InChI is InChI=1S/C48H91O8P/c1-4-6-8-10-12-14-16-18-20-22-23-24-25-27-29-31-33-35-37-39-41-43-48(50)56-46(45-55-57(51,52)53-3)44-54-47(49)42-40-38-36-34-32-30-28-26-21-19-17-15-13-11-9-7-5-2/h19,21-23,46H,4-18,20,24-45H2,1-3H3,(H,51,52)/b21-19-,23-22-. The molecule has 9 heteroatoms. The minimum atomic E-state index is -4.26. The maximum absolute atomic E-state index is 12.5. The van der Waals surface area contributed by atoms with Crippen LogP contribution in [0.25, 0.3) is 0 Å². The Morgan fingerprint density at radius 2 is 0.789 bits per heavy atom. The molecule has 0 fully saturated rings. The van der Waals surface area contributed by atoms with Crippen LogP contribution in [0.2, 0.25) is 0 Å². The van der Waals surface area contributed by atoms with E-state index in [0.29, 0.717) is 6.42 Å². The minimum Gasteiger partial charge on any atom is -0.462 e. The first-order valence-corrected chi connectivity index (χ1v) is 25.5. The van der Waals surface area contributed by atoms with Crippen molar-refractivity contribution in [3.8, 4) is 0 Å². The summed E-state index contributed by atoms with van der Waals surface area (Å²) in [6.45, 7) is 3.91. The Labute approximate surface area is 352 Å². The molecule has 0 aromatic carbocycles. The van der Waals surface area contributed by atoms with Gasteiger partial charge >= 0.3 is 19.8 Å². The largest absolute Gasteiger partial charge is 0.472 e. The molecular weight excluding hydrogens is 735 g/mol. The number of ether oxygens (including phenoxy) is 2. The average Bonchev–Trinajstić information content (AvgIpc) is 3.20. The highest BCUT2D eigenvalue weighted by Crippen LogP contribution is 2.42. The lowest BCUT2D eigenvalue weighted by atomic mass is 10.1. The number of unbranched alkanes of at least 4 members (excludes halogenated alkanes) is 30. The SMILES string of the molecule is CCCCCCCC/C=C\CCCCCCCCCC(=O)OCC(COP(=O)(O)OC)OC(=O)CCCCCCCCCCC/C=C\CCCCCCCCCC. The monoisotopic (exact) mass is 827 g/mol. The van der Waals surface area contributed by atoms with Gasteiger partial charge in [0.1, 0.15) is 6.61 Å². The third kappa shape index (κ3) is 43.9. The van der Waals surface area contributed by atoms with Crippen LogP contribution < -0.4 is 0 Å². The number of esters is 2. The first-order chi connectivity index (χ1) is 27.8. The van der Waals surface area contributed by atoms with Gasteiger partial charge in [0.05, 0.1) is 6.61 Å². The van der Waals surface area contributed by atoms with Crippen molar-refractivity contribution in [3.63, 3.8) is 0 Å². The fraction of sp³-hybridized carbons (Fsp3) is 0.875.